The van der Waals surface area contributed by atoms with Crippen LogP contribution in [0.25, 0.3) is 0 Å². The maximum atomic E-state index is 11.3. The number of unbranched alkanes of at least 4 members (excludes halogenated alkanes) is 3. The third-order valence-corrected chi connectivity index (χ3v) is 4.42. The Hall–Kier alpha value is -1.29. The molecule has 1 atom stereocenters. The topological polar surface area (TPSA) is 96.1 Å². The molecule has 0 aromatic carbocycles. The first-order valence-electron chi connectivity index (χ1n) is 10.3. The molecule has 0 saturated heterocycles. The summed E-state index contributed by atoms with van der Waals surface area (Å²) < 4.78 is 10.4. The first-order valence-corrected chi connectivity index (χ1v) is 10.3. The Morgan fingerprint density at radius 1 is 1.21 bits per heavy atom. The zero-order valence-corrected chi connectivity index (χ0v) is 20.8. The molecule has 3 N–H and O–H groups in total. The maximum Gasteiger partial charge on any atom is 0.305 e. The van der Waals surface area contributed by atoms with Gasteiger partial charge in [0.15, 0.2) is 5.96 Å². The average molecular weight is 523 g/mol. The molecule has 8 heteroatoms. The second-order valence-corrected chi connectivity index (χ2v) is 7.19. The zero-order valence-electron chi connectivity index (χ0n) is 18.5. The number of esters is 1. The highest BCUT2D eigenvalue weighted by molar-refractivity contribution is 14.0. The van der Waals surface area contributed by atoms with E-state index in [2.05, 4.69) is 15.6 Å². The Kier molecular flexibility index (Phi) is 14.0. The first kappa shape index (κ1) is 27.7. The molecule has 0 saturated carbocycles. The fourth-order valence-corrected chi connectivity index (χ4v) is 3.01. The molecule has 1 heterocycles. The van der Waals surface area contributed by atoms with Crippen LogP contribution in [0.1, 0.15) is 70.0 Å². The molecule has 0 bridgehead atoms. The van der Waals surface area contributed by atoms with Gasteiger partial charge in [-0.2, -0.15) is 0 Å². The molecule has 0 fully saturated rings. The minimum atomic E-state index is -1.09. The number of aryl methyl sites for hydroxylation is 2. The highest BCUT2D eigenvalue weighted by atomic mass is 127. The van der Waals surface area contributed by atoms with Crippen LogP contribution in [0.4, 0.5) is 0 Å². The van der Waals surface area contributed by atoms with Crippen molar-refractivity contribution in [2.75, 3.05) is 26.2 Å². The molecule has 1 rings (SSSR count). The summed E-state index contributed by atoms with van der Waals surface area (Å²) in [7, 11) is 0. The van der Waals surface area contributed by atoms with Gasteiger partial charge >= 0.3 is 5.97 Å². The summed E-state index contributed by atoms with van der Waals surface area (Å²) in [6.07, 6.45) is 4.38. The fraction of sp³-hybridized carbons (Fsp3) is 0.714. The van der Waals surface area contributed by atoms with E-state index in [0.29, 0.717) is 19.0 Å². The molecule has 0 aliphatic heterocycles. The third kappa shape index (κ3) is 10.9. The van der Waals surface area contributed by atoms with Gasteiger partial charge in [-0.05, 0) is 53.5 Å². The van der Waals surface area contributed by atoms with Crippen LogP contribution in [-0.2, 0) is 15.1 Å². The number of hydrogen-bond donors (Lipinski definition) is 3. The summed E-state index contributed by atoms with van der Waals surface area (Å²) in [6, 6.07) is 1.86. The molecule has 7 nitrogen and oxygen atoms in total. The summed E-state index contributed by atoms with van der Waals surface area (Å²) in [4.78, 5) is 15.8. The fourth-order valence-electron chi connectivity index (χ4n) is 3.01. The van der Waals surface area contributed by atoms with Gasteiger partial charge < -0.3 is 24.9 Å². The number of guanidine groups is 1. The number of hydrogen-bond acceptors (Lipinski definition) is 5. The molecule has 168 valence electrons. The molecular weight excluding hydrogens is 485 g/mol. The number of nitrogens with one attached hydrogen (secondary N) is 2. The average Bonchev–Trinajstić information content (AvgIpc) is 2.98. The maximum absolute atomic E-state index is 11.3. The van der Waals surface area contributed by atoms with Gasteiger partial charge in [-0.3, -0.25) is 4.79 Å². The van der Waals surface area contributed by atoms with Gasteiger partial charge in [-0.25, -0.2) is 4.99 Å². The van der Waals surface area contributed by atoms with Crippen molar-refractivity contribution in [2.45, 2.75) is 72.3 Å². The number of rotatable bonds is 12. The molecule has 29 heavy (non-hydrogen) atoms. The van der Waals surface area contributed by atoms with Gasteiger partial charge in [0.05, 0.1) is 13.2 Å². The van der Waals surface area contributed by atoms with E-state index < -0.39 is 5.60 Å². The number of aliphatic imine (C=N–C) groups is 1. The monoisotopic (exact) mass is 523 g/mol. The van der Waals surface area contributed by atoms with Gasteiger partial charge in [-0.1, -0.05) is 12.8 Å². The van der Waals surface area contributed by atoms with Crippen molar-refractivity contribution in [3.05, 3.63) is 23.2 Å². The number of furan rings is 1. The Morgan fingerprint density at radius 2 is 1.90 bits per heavy atom. The standard InChI is InChI=1S/C21H37N3O4.HI/c1-6-22-20(23-13-11-9-8-10-12-19(25)27-7-2)24-15-21(5,26)18-14-16(3)28-17(18)4;/h14,26H,6-13,15H2,1-5H3,(H2,22,23,24);1H. The molecule has 0 spiro atoms. The number of carbonyl (C=O) groups excluding carboxylic acids is 1. The van der Waals surface area contributed by atoms with Gasteiger partial charge in [0, 0.05) is 25.1 Å². The van der Waals surface area contributed by atoms with E-state index in [-0.39, 0.29) is 36.5 Å². The molecule has 0 aliphatic carbocycles. The van der Waals surface area contributed by atoms with Gasteiger partial charge in [0.2, 0.25) is 0 Å². The van der Waals surface area contributed by atoms with E-state index in [0.717, 1.165) is 55.9 Å². The SMILES string of the molecule is CCNC(=NCC(C)(O)c1cc(C)oc1C)NCCCCCCC(=O)OCC.I. The smallest absolute Gasteiger partial charge is 0.305 e. The summed E-state index contributed by atoms with van der Waals surface area (Å²) in [6.45, 7) is 11.5. The van der Waals surface area contributed by atoms with Crippen molar-refractivity contribution in [3.8, 4) is 0 Å². The number of aliphatic hydroxyl groups is 1. The van der Waals surface area contributed by atoms with E-state index in [1.165, 1.54) is 0 Å². The van der Waals surface area contributed by atoms with Crippen LogP contribution in [0.5, 0.6) is 0 Å². The molecule has 0 radical (unpaired) electrons. The van der Waals surface area contributed by atoms with Crippen LogP contribution in [0.15, 0.2) is 15.5 Å². The summed E-state index contributed by atoms with van der Waals surface area (Å²) >= 11 is 0. The predicted molar refractivity (Wildman–Crippen MR) is 127 cm³/mol. The van der Waals surface area contributed by atoms with Crippen LogP contribution in [0.2, 0.25) is 0 Å². The van der Waals surface area contributed by atoms with Crippen molar-refractivity contribution >= 4 is 35.9 Å². The van der Waals surface area contributed by atoms with Gasteiger partial charge in [0.1, 0.15) is 17.1 Å². The zero-order chi connectivity index (χ0) is 21.0. The van der Waals surface area contributed by atoms with Crippen LogP contribution in [-0.4, -0.2) is 43.3 Å². The summed E-state index contributed by atoms with van der Waals surface area (Å²) in [5.74, 6) is 2.08. The number of nitrogens with zero attached hydrogens (tertiary/aromatic N) is 1. The Morgan fingerprint density at radius 3 is 2.48 bits per heavy atom. The Balaban J connectivity index is 0.00000784. The number of halogens is 1. The lowest BCUT2D eigenvalue weighted by Crippen LogP contribution is -2.39. The van der Waals surface area contributed by atoms with Crippen LogP contribution >= 0.6 is 24.0 Å². The molecule has 1 aromatic rings. The first-order chi connectivity index (χ1) is 13.3. The number of carbonyl (C=O) groups is 1. The van der Waals surface area contributed by atoms with Crippen LogP contribution in [0, 0.1) is 13.8 Å². The molecule has 1 unspecified atom stereocenters. The van der Waals surface area contributed by atoms with Crippen molar-refractivity contribution in [1.82, 2.24) is 10.6 Å². The lowest BCUT2D eigenvalue weighted by atomic mass is 9.96. The van der Waals surface area contributed by atoms with Crippen molar-refractivity contribution in [2.24, 2.45) is 4.99 Å². The van der Waals surface area contributed by atoms with Gasteiger partial charge in [0.25, 0.3) is 0 Å². The highest BCUT2D eigenvalue weighted by Gasteiger charge is 2.27. The van der Waals surface area contributed by atoms with Crippen molar-refractivity contribution < 1.29 is 19.1 Å². The van der Waals surface area contributed by atoms with Gasteiger partial charge in [-0.15, -0.1) is 24.0 Å². The van der Waals surface area contributed by atoms with E-state index in [4.69, 9.17) is 9.15 Å². The highest BCUT2D eigenvalue weighted by Crippen LogP contribution is 2.27. The lowest BCUT2D eigenvalue weighted by molar-refractivity contribution is -0.143. The van der Waals surface area contributed by atoms with E-state index in [1.807, 2.05) is 33.8 Å². The lowest BCUT2D eigenvalue weighted by Gasteiger charge is -2.21. The van der Waals surface area contributed by atoms with E-state index in [9.17, 15) is 9.90 Å². The quantitative estimate of drug-likeness (QED) is 0.127. The number of ether oxygens (including phenoxy) is 1. The minimum absolute atomic E-state index is 0. The van der Waals surface area contributed by atoms with E-state index in [1.54, 1.807) is 6.92 Å². The predicted octanol–water partition coefficient (Wildman–Crippen LogP) is 3.79. The van der Waals surface area contributed by atoms with Crippen molar-refractivity contribution in [1.29, 1.82) is 0 Å². The minimum Gasteiger partial charge on any atom is -0.466 e. The summed E-state index contributed by atoms with van der Waals surface area (Å²) in [5, 5.41) is 17.3. The molecule has 1 aromatic heterocycles. The Labute approximate surface area is 192 Å². The second kappa shape index (κ2) is 14.7. The van der Waals surface area contributed by atoms with E-state index >= 15 is 0 Å². The van der Waals surface area contributed by atoms with Crippen LogP contribution < -0.4 is 10.6 Å². The Bertz CT molecular complexity index is 629. The summed E-state index contributed by atoms with van der Waals surface area (Å²) in [5.41, 5.74) is -0.316. The third-order valence-electron chi connectivity index (χ3n) is 4.42. The van der Waals surface area contributed by atoms with Crippen LogP contribution in [0.3, 0.4) is 0 Å². The normalized spacial score (nSPS) is 13.4. The van der Waals surface area contributed by atoms with Crippen molar-refractivity contribution in [3.63, 3.8) is 0 Å². The molecule has 0 aliphatic rings. The second-order valence-electron chi connectivity index (χ2n) is 7.19. The molecular formula is C21H38IN3O4. The largest absolute Gasteiger partial charge is 0.466 e. The molecule has 0 amide bonds.